The van der Waals surface area contributed by atoms with Gasteiger partial charge in [0.15, 0.2) is 0 Å². The maximum Gasteiger partial charge on any atom is 0.573 e. The van der Waals surface area contributed by atoms with Crippen LogP contribution < -0.4 is 4.74 Å². The van der Waals surface area contributed by atoms with E-state index in [4.69, 9.17) is 0 Å². The number of nitrogens with zero attached hydrogens (tertiary/aromatic N) is 4. The predicted octanol–water partition coefficient (Wildman–Crippen LogP) is 4.10. The van der Waals surface area contributed by atoms with Crippen LogP contribution >= 0.6 is 0 Å². The summed E-state index contributed by atoms with van der Waals surface area (Å²) in [5.41, 5.74) is 4.66. The molecule has 0 unspecified atom stereocenters. The molecule has 0 saturated carbocycles. The number of aromatic nitrogens is 2. The highest BCUT2D eigenvalue weighted by Gasteiger charge is 2.31. The minimum Gasteiger partial charge on any atom is -0.406 e. The molecule has 32 heavy (non-hydrogen) atoms. The highest BCUT2D eigenvalue weighted by atomic mass is 19.4. The average molecular weight is 444 g/mol. The highest BCUT2D eigenvalue weighted by molar-refractivity contribution is 5.97. The first-order valence-electron chi connectivity index (χ1n) is 10.3. The lowest BCUT2D eigenvalue weighted by Crippen LogP contribution is -2.48. The van der Waals surface area contributed by atoms with Gasteiger partial charge in [-0.15, -0.1) is 13.2 Å². The quantitative estimate of drug-likeness (QED) is 0.606. The summed E-state index contributed by atoms with van der Waals surface area (Å²) in [6, 6.07) is 11.3. The van der Waals surface area contributed by atoms with Crippen molar-refractivity contribution < 1.29 is 22.7 Å². The molecular weight excluding hydrogens is 421 g/mol. The van der Waals surface area contributed by atoms with E-state index < -0.39 is 6.36 Å². The van der Waals surface area contributed by atoms with Gasteiger partial charge in [-0.1, -0.05) is 12.1 Å². The van der Waals surface area contributed by atoms with Crippen molar-refractivity contribution in [2.45, 2.75) is 26.8 Å². The fourth-order valence-electron chi connectivity index (χ4n) is 3.71. The topological polar surface area (TPSA) is 58.6 Å². The van der Waals surface area contributed by atoms with Crippen LogP contribution in [0.2, 0.25) is 0 Å². The molecule has 1 amide bonds. The van der Waals surface area contributed by atoms with E-state index >= 15 is 0 Å². The molecule has 2 heterocycles. The van der Waals surface area contributed by atoms with E-state index in [1.165, 1.54) is 12.1 Å². The van der Waals surface area contributed by atoms with Gasteiger partial charge in [-0.25, -0.2) is 9.97 Å². The summed E-state index contributed by atoms with van der Waals surface area (Å²) in [5.74, 6) is -0.276. The van der Waals surface area contributed by atoms with E-state index in [1.54, 1.807) is 24.3 Å². The Hall–Kier alpha value is -3.20. The van der Waals surface area contributed by atoms with Crippen molar-refractivity contribution in [2.24, 2.45) is 0 Å². The molecule has 1 fully saturated rings. The standard InChI is InChI=1S/C23H23F3N4O2/c1-15-16(2)28-21-13-18(5-8-20(21)27-15)22(31)30-11-9-29(10-12-30)14-17-3-6-19(7-4-17)32-23(24,25)26/h3-8,13H,9-12,14H2,1-2H3. The monoisotopic (exact) mass is 444 g/mol. The zero-order valence-electron chi connectivity index (χ0n) is 17.8. The number of hydrogen-bond donors (Lipinski definition) is 0. The molecule has 0 N–H and O–H groups in total. The van der Waals surface area contributed by atoms with E-state index in [0.29, 0.717) is 43.8 Å². The fraction of sp³-hybridized carbons (Fsp3) is 0.348. The number of amides is 1. The van der Waals surface area contributed by atoms with Gasteiger partial charge in [0.25, 0.3) is 5.91 Å². The third kappa shape index (κ3) is 5.16. The zero-order valence-corrected chi connectivity index (χ0v) is 17.8. The number of carbonyl (C=O) groups excluding carboxylic acids is 1. The summed E-state index contributed by atoms with van der Waals surface area (Å²) >= 11 is 0. The number of fused-ring (bicyclic) bond motifs is 1. The van der Waals surface area contributed by atoms with Gasteiger partial charge in [0.1, 0.15) is 5.75 Å². The summed E-state index contributed by atoms with van der Waals surface area (Å²) < 4.78 is 40.7. The molecule has 0 bridgehead atoms. The molecule has 6 nitrogen and oxygen atoms in total. The number of hydrogen-bond acceptors (Lipinski definition) is 5. The van der Waals surface area contributed by atoms with Gasteiger partial charge < -0.3 is 9.64 Å². The Balaban J connectivity index is 1.35. The Morgan fingerprint density at radius 2 is 1.56 bits per heavy atom. The van der Waals surface area contributed by atoms with Crippen molar-refractivity contribution in [1.29, 1.82) is 0 Å². The zero-order chi connectivity index (χ0) is 22.9. The second kappa shape index (κ2) is 8.74. The molecular formula is C23H23F3N4O2. The molecule has 1 aliphatic heterocycles. The normalized spacial score (nSPS) is 15.2. The van der Waals surface area contributed by atoms with Crippen LogP contribution in [0.25, 0.3) is 11.0 Å². The van der Waals surface area contributed by atoms with Crippen LogP contribution in [0.3, 0.4) is 0 Å². The van der Waals surface area contributed by atoms with Gasteiger partial charge in [0.05, 0.1) is 22.4 Å². The molecule has 0 radical (unpaired) electrons. The van der Waals surface area contributed by atoms with Crippen LogP contribution in [0.1, 0.15) is 27.3 Å². The summed E-state index contributed by atoms with van der Waals surface area (Å²) in [6.07, 6.45) is -4.69. The third-order valence-corrected chi connectivity index (χ3v) is 5.54. The number of halogens is 3. The predicted molar refractivity (Wildman–Crippen MR) is 113 cm³/mol. The fourth-order valence-corrected chi connectivity index (χ4v) is 3.71. The van der Waals surface area contributed by atoms with E-state index in [1.807, 2.05) is 24.8 Å². The van der Waals surface area contributed by atoms with Gasteiger partial charge in [-0.05, 0) is 49.7 Å². The Morgan fingerprint density at radius 3 is 2.19 bits per heavy atom. The minimum absolute atomic E-state index is 0.0415. The van der Waals surface area contributed by atoms with Crippen molar-refractivity contribution in [3.05, 3.63) is 65.0 Å². The number of rotatable bonds is 4. The molecule has 0 spiro atoms. The average Bonchev–Trinajstić information content (AvgIpc) is 2.75. The van der Waals surface area contributed by atoms with Crippen LogP contribution in [0.15, 0.2) is 42.5 Å². The third-order valence-electron chi connectivity index (χ3n) is 5.54. The molecule has 1 aromatic heterocycles. The molecule has 0 atom stereocenters. The summed E-state index contributed by atoms with van der Waals surface area (Å²) in [7, 11) is 0. The van der Waals surface area contributed by atoms with Crippen molar-refractivity contribution in [3.8, 4) is 5.75 Å². The summed E-state index contributed by atoms with van der Waals surface area (Å²) in [6.45, 7) is 6.90. The SMILES string of the molecule is Cc1nc2ccc(C(=O)N3CCN(Cc4ccc(OC(F)(F)F)cc4)CC3)cc2nc1C. The minimum atomic E-state index is -4.69. The van der Waals surface area contributed by atoms with E-state index in [2.05, 4.69) is 19.6 Å². The number of aryl methyl sites for hydroxylation is 2. The van der Waals surface area contributed by atoms with Crippen LogP contribution in [-0.4, -0.2) is 58.2 Å². The molecule has 1 aliphatic rings. The molecule has 9 heteroatoms. The lowest BCUT2D eigenvalue weighted by atomic mass is 10.1. The van der Waals surface area contributed by atoms with Crippen LogP contribution in [0.5, 0.6) is 5.75 Å². The van der Waals surface area contributed by atoms with Crippen molar-refractivity contribution in [2.75, 3.05) is 26.2 Å². The Morgan fingerprint density at radius 1 is 0.938 bits per heavy atom. The smallest absolute Gasteiger partial charge is 0.406 e. The number of ether oxygens (including phenoxy) is 1. The number of carbonyl (C=O) groups is 1. The number of piperazine rings is 1. The summed E-state index contributed by atoms with van der Waals surface area (Å²) in [4.78, 5) is 26.0. The van der Waals surface area contributed by atoms with Crippen LogP contribution in [-0.2, 0) is 6.54 Å². The van der Waals surface area contributed by atoms with Gasteiger partial charge >= 0.3 is 6.36 Å². The molecule has 3 aromatic rings. The van der Waals surface area contributed by atoms with E-state index in [9.17, 15) is 18.0 Å². The van der Waals surface area contributed by atoms with Gasteiger partial charge in [-0.2, -0.15) is 0 Å². The highest BCUT2D eigenvalue weighted by Crippen LogP contribution is 2.23. The Kier molecular flexibility index (Phi) is 6.01. The number of benzene rings is 2. The first kappa shape index (κ1) is 22.0. The lowest BCUT2D eigenvalue weighted by molar-refractivity contribution is -0.274. The Bertz CT molecular complexity index is 1120. The van der Waals surface area contributed by atoms with Crippen LogP contribution in [0, 0.1) is 13.8 Å². The lowest BCUT2D eigenvalue weighted by Gasteiger charge is -2.34. The molecule has 1 saturated heterocycles. The maximum atomic E-state index is 13.0. The van der Waals surface area contributed by atoms with E-state index in [0.717, 1.165) is 22.5 Å². The first-order valence-corrected chi connectivity index (χ1v) is 10.3. The van der Waals surface area contributed by atoms with Crippen molar-refractivity contribution in [3.63, 3.8) is 0 Å². The molecule has 0 aliphatic carbocycles. The molecule has 4 rings (SSSR count). The second-order valence-corrected chi connectivity index (χ2v) is 7.86. The molecule has 168 valence electrons. The van der Waals surface area contributed by atoms with Crippen LogP contribution in [0.4, 0.5) is 13.2 Å². The van der Waals surface area contributed by atoms with E-state index in [-0.39, 0.29) is 11.7 Å². The van der Waals surface area contributed by atoms with Crippen molar-refractivity contribution in [1.82, 2.24) is 19.8 Å². The van der Waals surface area contributed by atoms with Gasteiger partial charge in [-0.3, -0.25) is 9.69 Å². The first-order chi connectivity index (χ1) is 15.2. The van der Waals surface area contributed by atoms with Crippen molar-refractivity contribution >= 4 is 16.9 Å². The van der Waals surface area contributed by atoms with Gasteiger partial charge in [0.2, 0.25) is 0 Å². The molecule has 2 aromatic carbocycles. The number of alkyl halides is 3. The largest absolute Gasteiger partial charge is 0.573 e. The summed E-state index contributed by atoms with van der Waals surface area (Å²) in [5, 5.41) is 0. The van der Waals surface area contributed by atoms with Gasteiger partial charge in [0, 0.05) is 38.3 Å². The Labute approximate surface area is 183 Å². The maximum absolute atomic E-state index is 13.0. The second-order valence-electron chi connectivity index (χ2n) is 7.86.